The first-order chi connectivity index (χ1) is 11.9. The average molecular weight is 376 g/mol. The SMILES string of the molecule is O=C(NC(=S)Nc1nc2ccc([N+](=O)[O-])cc2s1)c1ccc(F)cc1. The van der Waals surface area contributed by atoms with E-state index in [2.05, 4.69) is 15.6 Å². The van der Waals surface area contributed by atoms with Gasteiger partial charge in [-0.2, -0.15) is 0 Å². The van der Waals surface area contributed by atoms with Crippen LogP contribution in [0.5, 0.6) is 0 Å². The van der Waals surface area contributed by atoms with Gasteiger partial charge in [0, 0.05) is 17.7 Å². The van der Waals surface area contributed by atoms with Crippen molar-refractivity contribution in [2.75, 3.05) is 5.32 Å². The Bertz CT molecular complexity index is 988. The third-order valence-electron chi connectivity index (χ3n) is 3.14. The number of thiazole rings is 1. The normalized spacial score (nSPS) is 10.4. The van der Waals surface area contributed by atoms with E-state index in [0.717, 1.165) is 0 Å². The lowest BCUT2D eigenvalue weighted by Crippen LogP contribution is -2.34. The third kappa shape index (κ3) is 3.92. The van der Waals surface area contributed by atoms with Crippen LogP contribution in [-0.4, -0.2) is 20.9 Å². The molecule has 0 spiro atoms. The van der Waals surface area contributed by atoms with Crippen LogP contribution in [0.4, 0.5) is 15.2 Å². The lowest BCUT2D eigenvalue weighted by atomic mass is 10.2. The van der Waals surface area contributed by atoms with E-state index >= 15 is 0 Å². The minimum absolute atomic E-state index is 0.0166. The molecule has 1 amide bonds. The number of thiocarbonyl (C=S) groups is 1. The fourth-order valence-corrected chi connectivity index (χ4v) is 3.14. The second-order valence-electron chi connectivity index (χ2n) is 4.84. The first-order valence-electron chi connectivity index (χ1n) is 6.85. The molecule has 10 heteroatoms. The molecule has 3 rings (SSSR count). The van der Waals surface area contributed by atoms with Gasteiger partial charge in [0.15, 0.2) is 10.2 Å². The number of nitro groups is 1. The quantitative estimate of drug-likeness (QED) is 0.413. The smallest absolute Gasteiger partial charge is 0.270 e. The van der Waals surface area contributed by atoms with Crippen molar-refractivity contribution in [1.29, 1.82) is 0 Å². The zero-order chi connectivity index (χ0) is 18.0. The Hall–Kier alpha value is -2.98. The Morgan fingerprint density at radius 3 is 2.64 bits per heavy atom. The summed E-state index contributed by atoms with van der Waals surface area (Å²) in [6, 6.07) is 9.33. The Kier molecular flexibility index (Phi) is 4.63. The van der Waals surface area contributed by atoms with E-state index in [0.29, 0.717) is 15.3 Å². The topological polar surface area (TPSA) is 97.2 Å². The van der Waals surface area contributed by atoms with Crippen molar-refractivity contribution in [3.05, 3.63) is 64.0 Å². The number of halogens is 1. The van der Waals surface area contributed by atoms with Gasteiger partial charge >= 0.3 is 0 Å². The van der Waals surface area contributed by atoms with E-state index in [9.17, 15) is 19.3 Å². The molecule has 3 aromatic rings. The molecule has 0 aliphatic carbocycles. The van der Waals surface area contributed by atoms with Crippen LogP contribution in [0.25, 0.3) is 10.2 Å². The molecule has 0 atom stereocenters. The van der Waals surface area contributed by atoms with Crippen LogP contribution in [0.2, 0.25) is 0 Å². The van der Waals surface area contributed by atoms with E-state index in [-0.39, 0.29) is 16.4 Å². The summed E-state index contributed by atoms with van der Waals surface area (Å²) in [5.41, 5.74) is 0.797. The number of benzene rings is 2. The lowest BCUT2D eigenvalue weighted by molar-refractivity contribution is -0.384. The van der Waals surface area contributed by atoms with Crippen molar-refractivity contribution in [3.8, 4) is 0 Å². The van der Waals surface area contributed by atoms with Crippen molar-refractivity contribution in [2.45, 2.75) is 0 Å². The van der Waals surface area contributed by atoms with Gasteiger partial charge in [-0.3, -0.25) is 20.2 Å². The van der Waals surface area contributed by atoms with Gasteiger partial charge in [-0.25, -0.2) is 9.37 Å². The zero-order valence-electron chi connectivity index (χ0n) is 12.4. The van der Waals surface area contributed by atoms with Gasteiger partial charge in [-0.05, 0) is 42.5 Å². The highest BCUT2D eigenvalue weighted by Gasteiger charge is 2.12. The maximum absolute atomic E-state index is 12.9. The lowest BCUT2D eigenvalue weighted by Gasteiger charge is -2.06. The summed E-state index contributed by atoms with van der Waals surface area (Å²) in [5.74, 6) is -0.935. The summed E-state index contributed by atoms with van der Waals surface area (Å²) in [6.07, 6.45) is 0. The Morgan fingerprint density at radius 2 is 1.96 bits per heavy atom. The van der Waals surface area contributed by atoms with Crippen molar-refractivity contribution < 1.29 is 14.1 Å². The molecular weight excluding hydrogens is 367 g/mol. The van der Waals surface area contributed by atoms with Crippen molar-refractivity contribution in [3.63, 3.8) is 0 Å². The number of non-ortho nitro benzene ring substituents is 1. The summed E-state index contributed by atoms with van der Waals surface area (Å²) in [5, 5.41) is 16.4. The number of fused-ring (bicyclic) bond motifs is 1. The molecule has 25 heavy (non-hydrogen) atoms. The summed E-state index contributed by atoms with van der Waals surface area (Å²) in [7, 11) is 0. The maximum atomic E-state index is 12.9. The van der Waals surface area contributed by atoms with Crippen LogP contribution in [0, 0.1) is 15.9 Å². The van der Waals surface area contributed by atoms with Gasteiger partial charge in [0.05, 0.1) is 15.1 Å². The van der Waals surface area contributed by atoms with E-state index in [1.807, 2.05) is 0 Å². The molecule has 126 valence electrons. The molecule has 0 bridgehead atoms. The van der Waals surface area contributed by atoms with Gasteiger partial charge in [-0.15, -0.1) is 0 Å². The average Bonchev–Trinajstić information content (AvgIpc) is 2.96. The Balaban J connectivity index is 1.70. The molecule has 2 aromatic carbocycles. The summed E-state index contributed by atoms with van der Waals surface area (Å²) < 4.78 is 13.5. The van der Waals surface area contributed by atoms with Gasteiger partial charge in [0.25, 0.3) is 11.6 Å². The van der Waals surface area contributed by atoms with Crippen molar-refractivity contribution in [2.24, 2.45) is 0 Å². The maximum Gasteiger partial charge on any atom is 0.270 e. The molecule has 0 aliphatic rings. The van der Waals surface area contributed by atoms with Gasteiger partial charge in [-0.1, -0.05) is 11.3 Å². The summed E-state index contributed by atoms with van der Waals surface area (Å²) in [6.45, 7) is 0. The number of nitrogens with one attached hydrogen (secondary N) is 2. The second-order valence-corrected chi connectivity index (χ2v) is 6.28. The van der Waals surface area contributed by atoms with Gasteiger partial charge in [0.1, 0.15) is 5.82 Å². The second kappa shape index (κ2) is 6.87. The van der Waals surface area contributed by atoms with Crippen LogP contribution in [0.3, 0.4) is 0 Å². The van der Waals surface area contributed by atoms with E-state index in [1.165, 1.54) is 53.8 Å². The van der Waals surface area contributed by atoms with E-state index in [1.54, 1.807) is 0 Å². The van der Waals surface area contributed by atoms with Crippen LogP contribution >= 0.6 is 23.6 Å². The number of carbonyl (C=O) groups excluding carboxylic acids is 1. The molecule has 2 N–H and O–H groups in total. The van der Waals surface area contributed by atoms with E-state index < -0.39 is 16.6 Å². The fourth-order valence-electron chi connectivity index (χ4n) is 1.99. The standard InChI is InChI=1S/C15H9FN4O3S2/c16-9-3-1-8(2-4-9)13(21)18-14(24)19-15-17-11-6-5-10(20(22)23)7-12(11)25-15/h1-7H,(H2,17,18,19,21,24). The van der Waals surface area contributed by atoms with E-state index in [4.69, 9.17) is 12.2 Å². The molecule has 0 aliphatic heterocycles. The summed E-state index contributed by atoms with van der Waals surface area (Å²) in [4.78, 5) is 26.5. The first-order valence-corrected chi connectivity index (χ1v) is 8.08. The highest BCUT2D eigenvalue weighted by Crippen LogP contribution is 2.29. The highest BCUT2D eigenvalue weighted by molar-refractivity contribution is 7.80. The monoisotopic (exact) mass is 376 g/mol. The summed E-state index contributed by atoms with van der Waals surface area (Å²) >= 11 is 6.22. The number of hydrogen-bond acceptors (Lipinski definition) is 6. The largest absolute Gasteiger partial charge is 0.308 e. The van der Waals surface area contributed by atoms with Crippen LogP contribution in [-0.2, 0) is 0 Å². The molecule has 1 heterocycles. The number of rotatable bonds is 3. The molecular formula is C15H9FN4O3S2. The van der Waals surface area contributed by atoms with Crippen LogP contribution in [0.15, 0.2) is 42.5 Å². The predicted octanol–water partition coefficient (Wildman–Crippen LogP) is 3.47. The zero-order valence-corrected chi connectivity index (χ0v) is 14.0. The van der Waals surface area contributed by atoms with Crippen molar-refractivity contribution >= 4 is 55.6 Å². The van der Waals surface area contributed by atoms with Crippen LogP contribution < -0.4 is 10.6 Å². The number of anilines is 1. The molecule has 7 nitrogen and oxygen atoms in total. The third-order valence-corrected chi connectivity index (χ3v) is 4.27. The number of carbonyl (C=O) groups is 1. The highest BCUT2D eigenvalue weighted by atomic mass is 32.1. The minimum atomic E-state index is -0.491. The number of nitro benzene ring substituents is 1. The van der Waals surface area contributed by atoms with Crippen LogP contribution in [0.1, 0.15) is 10.4 Å². The fraction of sp³-hybridized carbons (Fsp3) is 0. The predicted molar refractivity (Wildman–Crippen MR) is 96.4 cm³/mol. The minimum Gasteiger partial charge on any atom is -0.308 e. The molecule has 0 unspecified atom stereocenters. The number of aromatic nitrogens is 1. The number of amides is 1. The number of nitrogens with zero attached hydrogens (tertiary/aromatic N) is 2. The Morgan fingerprint density at radius 1 is 1.24 bits per heavy atom. The van der Waals surface area contributed by atoms with Gasteiger partial charge < -0.3 is 5.32 Å². The molecule has 0 saturated heterocycles. The molecule has 1 aromatic heterocycles. The molecule has 0 saturated carbocycles. The first kappa shape index (κ1) is 16.9. The Labute approximate surface area is 149 Å². The molecule has 0 radical (unpaired) electrons. The van der Waals surface area contributed by atoms with Crippen molar-refractivity contribution in [1.82, 2.24) is 10.3 Å². The number of hydrogen-bond donors (Lipinski definition) is 2. The van der Waals surface area contributed by atoms with Gasteiger partial charge in [0.2, 0.25) is 0 Å². The molecule has 0 fully saturated rings.